The summed E-state index contributed by atoms with van der Waals surface area (Å²) in [4.78, 5) is 12.4. The van der Waals surface area contributed by atoms with Crippen molar-refractivity contribution < 1.29 is 4.79 Å². The number of amides is 1. The molecule has 1 aliphatic rings. The summed E-state index contributed by atoms with van der Waals surface area (Å²) in [6.07, 6.45) is 0.710. The third kappa shape index (κ3) is 2.03. The Hall–Kier alpha value is -1.48. The van der Waals surface area contributed by atoms with Gasteiger partial charge in [0.2, 0.25) is 6.41 Å². The van der Waals surface area contributed by atoms with E-state index >= 15 is 0 Å². The van der Waals surface area contributed by atoms with Crippen LogP contribution in [0, 0.1) is 0 Å². The first-order chi connectivity index (χ1) is 7.59. The number of rotatable bonds is 3. The van der Waals surface area contributed by atoms with Crippen LogP contribution in [0.15, 0.2) is 36.5 Å². The SMILES string of the molecule is C=C1N(CNC=O)c2ccccc2C1(C)C.Cl. The van der Waals surface area contributed by atoms with E-state index in [9.17, 15) is 4.79 Å². The van der Waals surface area contributed by atoms with Gasteiger partial charge in [0.25, 0.3) is 0 Å². The van der Waals surface area contributed by atoms with Crippen molar-refractivity contribution in [3.8, 4) is 0 Å². The first-order valence-electron chi connectivity index (χ1n) is 5.32. The maximum absolute atomic E-state index is 10.4. The molecule has 0 atom stereocenters. The summed E-state index contributed by atoms with van der Waals surface area (Å²) >= 11 is 0. The molecule has 0 fully saturated rings. The first kappa shape index (κ1) is 13.6. The number of anilines is 1. The van der Waals surface area contributed by atoms with E-state index in [-0.39, 0.29) is 17.8 Å². The zero-order chi connectivity index (χ0) is 11.8. The van der Waals surface area contributed by atoms with Crippen LogP contribution in [-0.2, 0) is 10.2 Å². The minimum absolute atomic E-state index is 0. The Balaban J connectivity index is 0.00000144. The lowest BCUT2D eigenvalue weighted by Gasteiger charge is -2.25. The highest BCUT2D eigenvalue weighted by molar-refractivity contribution is 5.85. The summed E-state index contributed by atoms with van der Waals surface area (Å²) in [5.41, 5.74) is 3.34. The van der Waals surface area contributed by atoms with Crippen LogP contribution in [0.2, 0.25) is 0 Å². The summed E-state index contributed by atoms with van der Waals surface area (Å²) in [6, 6.07) is 8.20. The van der Waals surface area contributed by atoms with E-state index in [1.165, 1.54) is 5.56 Å². The normalized spacial score (nSPS) is 16.1. The first-order valence-corrected chi connectivity index (χ1v) is 5.32. The number of benzene rings is 1. The van der Waals surface area contributed by atoms with E-state index in [1.54, 1.807) is 0 Å². The lowest BCUT2D eigenvalue weighted by molar-refractivity contribution is -0.109. The molecule has 0 radical (unpaired) electrons. The summed E-state index contributed by atoms with van der Waals surface area (Å²) in [5.74, 6) is 0. The summed E-state index contributed by atoms with van der Waals surface area (Å²) in [7, 11) is 0. The fourth-order valence-corrected chi connectivity index (χ4v) is 2.18. The third-order valence-corrected chi connectivity index (χ3v) is 3.25. The fourth-order valence-electron chi connectivity index (χ4n) is 2.18. The van der Waals surface area contributed by atoms with Crippen LogP contribution in [0.4, 0.5) is 5.69 Å². The number of para-hydroxylation sites is 1. The Morgan fingerprint density at radius 1 is 1.41 bits per heavy atom. The summed E-state index contributed by atoms with van der Waals surface area (Å²) < 4.78 is 0. The number of nitrogens with zero attached hydrogens (tertiary/aromatic N) is 1. The summed E-state index contributed by atoms with van der Waals surface area (Å²) in [6.45, 7) is 8.90. The van der Waals surface area contributed by atoms with Crippen molar-refractivity contribution in [2.45, 2.75) is 19.3 Å². The lowest BCUT2D eigenvalue weighted by Crippen LogP contribution is -2.33. The Labute approximate surface area is 108 Å². The zero-order valence-corrected chi connectivity index (χ0v) is 10.9. The van der Waals surface area contributed by atoms with Gasteiger partial charge in [-0.15, -0.1) is 12.4 Å². The van der Waals surface area contributed by atoms with E-state index in [0.717, 1.165) is 11.4 Å². The van der Waals surface area contributed by atoms with Crippen molar-refractivity contribution >= 4 is 24.5 Å². The molecule has 17 heavy (non-hydrogen) atoms. The van der Waals surface area contributed by atoms with Gasteiger partial charge >= 0.3 is 0 Å². The van der Waals surface area contributed by atoms with Gasteiger partial charge in [0, 0.05) is 16.8 Å². The number of hydrogen-bond acceptors (Lipinski definition) is 2. The molecule has 1 aliphatic heterocycles. The Morgan fingerprint density at radius 2 is 2.06 bits per heavy atom. The molecule has 0 unspecified atom stereocenters. The van der Waals surface area contributed by atoms with E-state index in [1.807, 2.05) is 17.0 Å². The standard InChI is InChI=1S/C13H16N2O.ClH/c1-10-13(2,3)11-6-4-5-7-12(11)15(10)8-14-9-16;/h4-7,9H,1,8H2,2-3H3,(H,14,16);1H. The number of hydrogen-bond donors (Lipinski definition) is 1. The molecule has 0 aliphatic carbocycles. The monoisotopic (exact) mass is 252 g/mol. The lowest BCUT2D eigenvalue weighted by atomic mass is 9.85. The van der Waals surface area contributed by atoms with Crippen molar-refractivity contribution in [2.75, 3.05) is 11.6 Å². The highest BCUT2D eigenvalue weighted by Crippen LogP contribution is 2.46. The fraction of sp³-hybridized carbons (Fsp3) is 0.308. The number of carbonyl (C=O) groups is 1. The van der Waals surface area contributed by atoms with Gasteiger partial charge in [-0.1, -0.05) is 38.6 Å². The molecule has 1 N–H and O–H groups in total. The molecular weight excluding hydrogens is 236 g/mol. The average molecular weight is 253 g/mol. The van der Waals surface area contributed by atoms with Gasteiger partial charge in [-0.25, -0.2) is 0 Å². The molecule has 0 saturated heterocycles. The highest BCUT2D eigenvalue weighted by Gasteiger charge is 2.38. The second kappa shape index (κ2) is 4.80. The molecule has 3 nitrogen and oxygen atoms in total. The predicted molar refractivity (Wildman–Crippen MR) is 72.4 cm³/mol. The van der Waals surface area contributed by atoms with Crippen LogP contribution in [0.1, 0.15) is 19.4 Å². The number of nitrogens with one attached hydrogen (secondary N) is 1. The second-order valence-electron chi connectivity index (χ2n) is 4.50. The molecule has 1 aromatic carbocycles. The van der Waals surface area contributed by atoms with Crippen LogP contribution >= 0.6 is 12.4 Å². The Morgan fingerprint density at radius 3 is 2.71 bits per heavy atom. The third-order valence-electron chi connectivity index (χ3n) is 3.25. The van der Waals surface area contributed by atoms with Crippen LogP contribution in [-0.4, -0.2) is 13.1 Å². The minimum atomic E-state index is -0.0683. The smallest absolute Gasteiger partial charge is 0.208 e. The Bertz CT molecular complexity index is 443. The van der Waals surface area contributed by atoms with Crippen molar-refractivity contribution in [2.24, 2.45) is 0 Å². The number of halogens is 1. The van der Waals surface area contributed by atoms with Crippen molar-refractivity contribution in [1.82, 2.24) is 5.32 Å². The van der Waals surface area contributed by atoms with Gasteiger partial charge in [-0.05, 0) is 11.6 Å². The van der Waals surface area contributed by atoms with Gasteiger partial charge in [0.15, 0.2) is 0 Å². The topological polar surface area (TPSA) is 32.3 Å². The van der Waals surface area contributed by atoms with Crippen LogP contribution in [0.5, 0.6) is 0 Å². The van der Waals surface area contributed by atoms with Gasteiger partial charge in [0.1, 0.15) is 0 Å². The summed E-state index contributed by atoms with van der Waals surface area (Å²) in [5, 5.41) is 2.68. The number of fused-ring (bicyclic) bond motifs is 1. The minimum Gasteiger partial charge on any atom is -0.341 e. The molecule has 0 aromatic heterocycles. The van der Waals surface area contributed by atoms with Gasteiger partial charge < -0.3 is 10.2 Å². The molecule has 2 rings (SSSR count). The van der Waals surface area contributed by atoms with Crippen molar-refractivity contribution in [3.05, 3.63) is 42.1 Å². The van der Waals surface area contributed by atoms with Gasteiger partial charge in [0.05, 0.1) is 6.67 Å². The van der Waals surface area contributed by atoms with E-state index in [4.69, 9.17) is 0 Å². The predicted octanol–water partition coefficient (Wildman–Crippen LogP) is 2.42. The molecule has 0 bridgehead atoms. The van der Waals surface area contributed by atoms with Crippen LogP contribution in [0.3, 0.4) is 0 Å². The molecular formula is C13H17ClN2O. The quantitative estimate of drug-likeness (QED) is 0.838. The largest absolute Gasteiger partial charge is 0.341 e. The average Bonchev–Trinajstić information content (AvgIpc) is 2.47. The molecule has 4 heteroatoms. The number of carbonyl (C=O) groups excluding carboxylic acids is 1. The Kier molecular flexibility index (Phi) is 3.83. The highest BCUT2D eigenvalue weighted by atomic mass is 35.5. The number of allylic oxidation sites excluding steroid dienone is 1. The van der Waals surface area contributed by atoms with Gasteiger partial charge in [-0.3, -0.25) is 4.79 Å². The van der Waals surface area contributed by atoms with E-state index < -0.39 is 0 Å². The van der Waals surface area contributed by atoms with E-state index in [0.29, 0.717) is 13.1 Å². The van der Waals surface area contributed by atoms with Crippen molar-refractivity contribution in [1.29, 1.82) is 0 Å². The van der Waals surface area contributed by atoms with Crippen LogP contribution in [0.25, 0.3) is 0 Å². The van der Waals surface area contributed by atoms with Crippen LogP contribution < -0.4 is 10.2 Å². The second-order valence-corrected chi connectivity index (χ2v) is 4.50. The molecule has 92 valence electrons. The molecule has 0 spiro atoms. The van der Waals surface area contributed by atoms with E-state index in [2.05, 4.69) is 37.9 Å². The molecule has 1 aromatic rings. The maximum Gasteiger partial charge on any atom is 0.208 e. The molecule has 1 heterocycles. The van der Waals surface area contributed by atoms with Crippen molar-refractivity contribution in [3.63, 3.8) is 0 Å². The van der Waals surface area contributed by atoms with Gasteiger partial charge in [-0.2, -0.15) is 0 Å². The zero-order valence-electron chi connectivity index (χ0n) is 10.1. The molecule has 0 saturated carbocycles. The maximum atomic E-state index is 10.4. The molecule has 1 amide bonds.